The molecule has 0 radical (unpaired) electrons. The molecule has 0 aliphatic heterocycles. The number of halogens is 1. The van der Waals surface area contributed by atoms with E-state index in [1.54, 1.807) is 11.3 Å². The molecule has 0 bridgehead atoms. The highest BCUT2D eigenvalue weighted by Gasteiger charge is 2.07. The van der Waals surface area contributed by atoms with E-state index in [0.29, 0.717) is 0 Å². The first kappa shape index (κ1) is 13.2. The van der Waals surface area contributed by atoms with Crippen LogP contribution in [0.2, 0.25) is 0 Å². The maximum absolute atomic E-state index is 12.7. The Morgan fingerprint density at radius 2 is 2.06 bits per heavy atom. The summed E-state index contributed by atoms with van der Waals surface area (Å²) in [5.41, 5.74) is 2.24. The second kappa shape index (κ2) is 6.07. The van der Waals surface area contributed by atoms with Crippen LogP contribution in [0.5, 0.6) is 0 Å². The summed E-state index contributed by atoms with van der Waals surface area (Å²) in [6.07, 6.45) is 0.897. The first-order chi connectivity index (χ1) is 8.65. The van der Waals surface area contributed by atoms with Crippen molar-refractivity contribution in [2.45, 2.75) is 26.3 Å². The van der Waals surface area contributed by atoms with Gasteiger partial charge in [-0.3, -0.25) is 0 Å². The molecule has 96 valence electrons. The first-order valence-electron chi connectivity index (χ1n) is 6.05. The van der Waals surface area contributed by atoms with Gasteiger partial charge in [-0.05, 0) is 44.5 Å². The van der Waals surface area contributed by atoms with Gasteiger partial charge in [0.1, 0.15) is 5.82 Å². The molecule has 2 rings (SSSR count). The van der Waals surface area contributed by atoms with Crippen LogP contribution < -0.4 is 5.32 Å². The van der Waals surface area contributed by atoms with Gasteiger partial charge in [0.15, 0.2) is 0 Å². The molecular weight excluding hydrogens is 247 g/mol. The van der Waals surface area contributed by atoms with Gasteiger partial charge in [0, 0.05) is 11.4 Å². The Hall–Kier alpha value is -1.26. The van der Waals surface area contributed by atoms with Crippen molar-refractivity contribution in [3.63, 3.8) is 0 Å². The number of nitrogens with zero attached hydrogens (tertiary/aromatic N) is 1. The van der Waals surface area contributed by atoms with E-state index in [2.05, 4.69) is 22.6 Å². The van der Waals surface area contributed by atoms with Gasteiger partial charge in [0.25, 0.3) is 0 Å². The molecule has 18 heavy (non-hydrogen) atoms. The third kappa shape index (κ3) is 3.62. The Morgan fingerprint density at radius 3 is 2.67 bits per heavy atom. The third-order valence-corrected chi connectivity index (χ3v) is 3.65. The lowest BCUT2D eigenvalue weighted by Gasteiger charge is -2.11. The first-order valence-corrected chi connectivity index (χ1v) is 6.93. The molecule has 0 aliphatic rings. The topological polar surface area (TPSA) is 24.9 Å². The Labute approximate surface area is 111 Å². The number of nitrogens with one attached hydrogen (secondary N) is 1. The number of aryl methyl sites for hydroxylation is 1. The molecule has 0 saturated heterocycles. The fraction of sp³-hybridized carbons (Fsp3) is 0.357. The van der Waals surface area contributed by atoms with Crippen molar-refractivity contribution >= 4 is 11.3 Å². The van der Waals surface area contributed by atoms with Crippen molar-refractivity contribution in [1.29, 1.82) is 0 Å². The zero-order chi connectivity index (χ0) is 13.0. The van der Waals surface area contributed by atoms with Crippen LogP contribution in [0, 0.1) is 12.7 Å². The van der Waals surface area contributed by atoms with Crippen molar-refractivity contribution in [2.24, 2.45) is 0 Å². The fourth-order valence-corrected chi connectivity index (χ4v) is 2.47. The van der Waals surface area contributed by atoms with Gasteiger partial charge in [0.2, 0.25) is 0 Å². The quantitative estimate of drug-likeness (QED) is 0.894. The molecule has 1 heterocycles. The van der Waals surface area contributed by atoms with Crippen molar-refractivity contribution in [1.82, 2.24) is 10.3 Å². The van der Waals surface area contributed by atoms with Crippen molar-refractivity contribution in [3.05, 3.63) is 51.7 Å². The van der Waals surface area contributed by atoms with Gasteiger partial charge in [-0.2, -0.15) is 0 Å². The number of hydrogen-bond acceptors (Lipinski definition) is 3. The highest BCUT2D eigenvalue weighted by atomic mass is 32.1. The van der Waals surface area contributed by atoms with Crippen molar-refractivity contribution in [3.8, 4) is 0 Å². The molecule has 0 aliphatic carbocycles. The van der Waals surface area contributed by atoms with Gasteiger partial charge >= 0.3 is 0 Å². The summed E-state index contributed by atoms with van der Waals surface area (Å²) in [5, 5.41) is 6.61. The minimum atomic E-state index is -0.182. The monoisotopic (exact) mass is 264 g/mol. The number of benzene rings is 1. The van der Waals surface area contributed by atoms with Crippen molar-refractivity contribution < 1.29 is 4.39 Å². The number of aromatic nitrogens is 1. The zero-order valence-corrected chi connectivity index (χ0v) is 11.4. The molecule has 1 aromatic carbocycles. The maximum Gasteiger partial charge on any atom is 0.123 e. The molecule has 0 spiro atoms. The van der Waals surface area contributed by atoms with Gasteiger partial charge in [-0.15, -0.1) is 11.3 Å². The molecule has 0 fully saturated rings. The van der Waals surface area contributed by atoms with Crippen LogP contribution in [0.3, 0.4) is 0 Å². The van der Waals surface area contributed by atoms with Crippen LogP contribution in [0.4, 0.5) is 4.39 Å². The molecule has 1 atom stereocenters. The molecule has 4 heteroatoms. The standard InChI is InChI=1S/C14H17FN2S/c1-10(14-9-18-11(2)17-14)16-8-7-12-3-5-13(15)6-4-12/h3-6,9-10,16H,7-8H2,1-2H3. The summed E-state index contributed by atoms with van der Waals surface area (Å²) < 4.78 is 12.7. The summed E-state index contributed by atoms with van der Waals surface area (Å²) in [7, 11) is 0. The number of thiazole rings is 1. The van der Waals surface area contributed by atoms with Crippen LogP contribution in [-0.4, -0.2) is 11.5 Å². The van der Waals surface area contributed by atoms with E-state index >= 15 is 0 Å². The molecule has 1 N–H and O–H groups in total. The Balaban J connectivity index is 1.80. The lowest BCUT2D eigenvalue weighted by Crippen LogP contribution is -2.21. The largest absolute Gasteiger partial charge is 0.308 e. The molecule has 2 aromatic rings. The molecule has 0 amide bonds. The summed E-state index contributed by atoms with van der Waals surface area (Å²) >= 11 is 1.67. The van der Waals surface area contributed by atoms with Crippen molar-refractivity contribution in [2.75, 3.05) is 6.54 Å². The lowest BCUT2D eigenvalue weighted by atomic mass is 10.1. The van der Waals surface area contributed by atoms with Crippen LogP contribution >= 0.6 is 11.3 Å². The summed E-state index contributed by atoms with van der Waals surface area (Å²) in [5.74, 6) is -0.182. The second-order valence-corrected chi connectivity index (χ2v) is 5.41. The molecule has 0 saturated carbocycles. The van der Waals surface area contributed by atoms with E-state index < -0.39 is 0 Å². The van der Waals surface area contributed by atoms with Crippen LogP contribution in [0.25, 0.3) is 0 Å². The Bertz CT molecular complexity index is 493. The van der Waals surface area contributed by atoms with E-state index in [1.165, 1.54) is 12.1 Å². The van der Waals surface area contributed by atoms with E-state index in [1.807, 2.05) is 19.1 Å². The lowest BCUT2D eigenvalue weighted by molar-refractivity contribution is 0.565. The van der Waals surface area contributed by atoms with Gasteiger partial charge in [0.05, 0.1) is 10.7 Å². The van der Waals surface area contributed by atoms with Crippen LogP contribution in [0.1, 0.15) is 29.2 Å². The average molecular weight is 264 g/mol. The highest BCUT2D eigenvalue weighted by Crippen LogP contribution is 2.15. The minimum absolute atomic E-state index is 0.182. The second-order valence-electron chi connectivity index (χ2n) is 4.34. The van der Waals surface area contributed by atoms with E-state index in [9.17, 15) is 4.39 Å². The number of rotatable bonds is 5. The average Bonchev–Trinajstić information content (AvgIpc) is 2.78. The van der Waals surface area contributed by atoms with E-state index in [-0.39, 0.29) is 11.9 Å². The smallest absolute Gasteiger partial charge is 0.123 e. The molecule has 2 nitrogen and oxygen atoms in total. The highest BCUT2D eigenvalue weighted by molar-refractivity contribution is 7.09. The van der Waals surface area contributed by atoms with E-state index in [4.69, 9.17) is 0 Å². The van der Waals surface area contributed by atoms with E-state index in [0.717, 1.165) is 29.2 Å². The SMILES string of the molecule is Cc1nc(C(C)NCCc2ccc(F)cc2)cs1. The normalized spacial score (nSPS) is 12.6. The predicted molar refractivity (Wildman–Crippen MR) is 73.4 cm³/mol. The summed E-state index contributed by atoms with van der Waals surface area (Å²) in [6.45, 7) is 4.99. The Kier molecular flexibility index (Phi) is 4.44. The molecule has 1 aromatic heterocycles. The third-order valence-electron chi connectivity index (χ3n) is 2.86. The number of hydrogen-bond donors (Lipinski definition) is 1. The van der Waals surface area contributed by atoms with Gasteiger partial charge < -0.3 is 5.32 Å². The van der Waals surface area contributed by atoms with Gasteiger partial charge in [-0.25, -0.2) is 9.37 Å². The summed E-state index contributed by atoms with van der Waals surface area (Å²) in [6, 6.07) is 6.92. The minimum Gasteiger partial charge on any atom is -0.308 e. The maximum atomic E-state index is 12.7. The van der Waals surface area contributed by atoms with Crippen LogP contribution in [-0.2, 0) is 6.42 Å². The predicted octanol–water partition coefficient (Wildman–Crippen LogP) is 3.48. The Morgan fingerprint density at radius 1 is 1.33 bits per heavy atom. The zero-order valence-electron chi connectivity index (χ0n) is 10.6. The summed E-state index contributed by atoms with van der Waals surface area (Å²) in [4.78, 5) is 4.45. The fourth-order valence-electron chi connectivity index (χ4n) is 1.77. The van der Waals surface area contributed by atoms with Crippen LogP contribution in [0.15, 0.2) is 29.6 Å². The van der Waals surface area contributed by atoms with Gasteiger partial charge in [-0.1, -0.05) is 12.1 Å². The molecule has 1 unspecified atom stereocenters. The molecular formula is C14H17FN2S.